The van der Waals surface area contributed by atoms with E-state index in [1.165, 1.54) is 5.56 Å². The number of carbonyl (C=O) groups excluding carboxylic acids is 1. The van der Waals surface area contributed by atoms with Crippen molar-refractivity contribution in [3.63, 3.8) is 0 Å². The van der Waals surface area contributed by atoms with E-state index in [0.29, 0.717) is 29.7 Å². The third kappa shape index (κ3) is 7.55. The Balaban J connectivity index is 2.07. The van der Waals surface area contributed by atoms with Gasteiger partial charge >= 0.3 is 0 Å². The van der Waals surface area contributed by atoms with Crippen LogP contribution >= 0.6 is 0 Å². The van der Waals surface area contributed by atoms with Gasteiger partial charge in [0.15, 0.2) is 0 Å². The number of amides is 1. The average molecular weight is 518 g/mol. The van der Waals surface area contributed by atoms with Crippen molar-refractivity contribution in [2.45, 2.75) is 99.5 Å². The van der Waals surface area contributed by atoms with E-state index in [9.17, 15) is 9.59 Å². The molecule has 0 aliphatic heterocycles. The Kier molecular flexibility index (Phi) is 10.3. The molecule has 38 heavy (non-hydrogen) atoms. The third-order valence-electron chi connectivity index (χ3n) is 7.30. The van der Waals surface area contributed by atoms with Crippen LogP contribution in [0.2, 0.25) is 0 Å². The molecule has 1 aromatic heterocycles. The summed E-state index contributed by atoms with van der Waals surface area (Å²) in [5.74, 6) is 1.03. The molecule has 0 aliphatic rings. The van der Waals surface area contributed by atoms with Gasteiger partial charge < -0.3 is 4.90 Å². The van der Waals surface area contributed by atoms with Gasteiger partial charge in [0.05, 0.1) is 22.6 Å². The minimum atomic E-state index is -0.339. The normalized spacial score (nSPS) is 13.4. The smallest absolute Gasteiger partial charge is 0.266 e. The molecule has 0 radical (unpaired) electrons. The maximum atomic E-state index is 13.9. The van der Waals surface area contributed by atoms with Crippen LogP contribution in [0.3, 0.4) is 0 Å². The highest BCUT2D eigenvalue weighted by Gasteiger charge is 2.28. The molecule has 5 heteroatoms. The van der Waals surface area contributed by atoms with Gasteiger partial charge in [-0.15, -0.1) is 0 Å². The van der Waals surface area contributed by atoms with Gasteiger partial charge in [-0.2, -0.15) is 0 Å². The summed E-state index contributed by atoms with van der Waals surface area (Å²) in [6.45, 7) is 15.8. The van der Waals surface area contributed by atoms with E-state index in [2.05, 4.69) is 53.7 Å². The van der Waals surface area contributed by atoms with Crippen LogP contribution in [0.25, 0.3) is 16.6 Å². The monoisotopic (exact) mass is 517 g/mol. The summed E-state index contributed by atoms with van der Waals surface area (Å²) in [5, 5.41) is 0.586. The quantitative estimate of drug-likeness (QED) is 0.230. The number of aromatic nitrogens is 2. The molecule has 0 saturated heterocycles. The number of para-hydroxylation sites is 1. The lowest BCUT2D eigenvalue weighted by Crippen LogP contribution is -2.39. The van der Waals surface area contributed by atoms with Crippen LogP contribution in [-0.2, 0) is 11.2 Å². The molecule has 2 unspecified atom stereocenters. The van der Waals surface area contributed by atoms with Gasteiger partial charge in [0.1, 0.15) is 5.82 Å². The molecule has 5 nitrogen and oxygen atoms in total. The largest absolute Gasteiger partial charge is 0.333 e. The van der Waals surface area contributed by atoms with E-state index >= 15 is 0 Å². The molecule has 0 saturated carbocycles. The van der Waals surface area contributed by atoms with Crippen LogP contribution in [0.1, 0.15) is 104 Å². The minimum absolute atomic E-state index is 0.0961. The molecule has 1 heterocycles. The Morgan fingerprint density at radius 2 is 1.66 bits per heavy atom. The first kappa shape index (κ1) is 29.6. The van der Waals surface area contributed by atoms with Crippen LogP contribution in [0.15, 0.2) is 53.3 Å². The first-order valence-corrected chi connectivity index (χ1v) is 14.5. The van der Waals surface area contributed by atoms with Gasteiger partial charge in [-0.3, -0.25) is 14.2 Å². The number of benzene rings is 2. The molecule has 3 rings (SSSR count). The molecule has 0 spiro atoms. The van der Waals surface area contributed by atoms with Gasteiger partial charge in [-0.25, -0.2) is 4.98 Å². The molecule has 3 aromatic rings. The molecule has 1 amide bonds. The predicted molar refractivity (Wildman–Crippen MR) is 159 cm³/mol. The number of fused-ring (bicyclic) bond motifs is 1. The Labute approximate surface area is 229 Å². The molecule has 0 N–H and O–H groups in total. The van der Waals surface area contributed by atoms with Crippen molar-refractivity contribution in [2.75, 3.05) is 6.54 Å². The zero-order chi connectivity index (χ0) is 27.9. The van der Waals surface area contributed by atoms with Gasteiger partial charge in [0.25, 0.3) is 5.56 Å². The van der Waals surface area contributed by atoms with Crippen molar-refractivity contribution in [1.82, 2.24) is 14.5 Å². The van der Waals surface area contributed by atoms with Gasteiger partial charge in [-0.05, 0) is 67.3 Å². The fourth-order valence-corrected chi connectivity index (χ4v) is 5.48. The van der Waals surface area contributed by atoms with Crippen LogP contribution < -0.4 is 5.56 Å². The van der Waals surface area contributed by atoms with E-state index in [4.69, 9.17) is 4.98 Å². The zero-order valence-corrected chi connectivity index (χ0v) is 24.6. The summed E-state index contributed by atoms with van der Waals surface area (Å²) in [6, 6.07) is 15.3. The minimum Gasteiger partial charge on any atom is -0.333 e. The molecule has 2 atom stereocenters. The van der Waals surface area contributed by atoms with Crippen LogP contribution in [0.4, 0.5) is 0 Å². The molecule has 2 aromatic carbocycles. The van der Waals surface area contributed by atoms with E-state index in [1.807, 2.05) is 48.2 Å². The molecule has 0 fully saturated rings. The predicted octanol–water partition coefficient (Wildman–Crippen LogP) is 7.88. The van der Waals surface area contributed by atoms with Crippen molar-refractivity contribution < 1.29 is 4.79 Å². The Hall–Kier alpha value is -2.95. The molecule has 0 bridgehead atoms. The molecular weight excluding hydrogens is 470 g/mol. The number of carbonyl (C=O) groups is 1. The second-order valence-electron chi connectivity index (χ2n) is 12.0. The fourth-order valence-electron chi connectivity index (χ4n) is 5.48. The van der Waals surface area contributed by atoms with E-state index in [1.54, 1.807) is 4.57 Å². The highest BCUT2D eigenvalue weighted by atomic mass is 16.2. The van der Waals surface area contributed by atoms with Crippen LogP contribution in [0, 0.1) is 11.3 Å². The summed E-state index contributed by atoms with van der Waals surface area (Å²) in [6.07, 6.45) is 6.74. The lowest BCUT2D eigenvalue weighted by molar-refractivity contribution is -0.134. The number of unbranched alkanes of at least 4 members (excludes halogenated alkanes) is 3. The topological polar surface area (TPSA) is 55.2 Å². The standard InChI is InChI=1S/C33H47N3O2/c1-8-10-11-14-21-35(30(37)22-24(3)23-33(5,6)7)25(4)31-34-29-16-13-12-15-28(29)32(38)36(31)27-19-17-26(9-2)18-20-27/h12-13,15-20,24-25H,8-11,14,21-23H2,1-7H3. The highest BCUT2D eigenvalue weighted by molar-refractivity contribution is 5.79. The van der Waals surface area contributed by atoms with E-state index < -0.39 is 0 Å². The maximum Gasteiger partial charge on any atom is 0.266 e. The van der Waals surface area contributed by atoms with Gasteiger partial charge in [0.2, 0.25) is 5.91 Å². The SMILES string of the molecule is CCCCCCN(C(=O)CC(C)CC(C)(C)C)C(C)c1nc2ccccc2c(=O)n1-c1ccc(CC)cc1. The second-order valence-corrected chi connectivity index (χ2v) is 12.0. The van der Waals surface area contributed by atoms with Gasteiger partial charge in [-0.1, -0.05) is 85.1 Å². The summed E-state index contributed by atoms with van der Waals surface area (Å²) >= 11 is 0. The lowest BCUT2D eigenvalue weighted by Gasteiger charge is -2.32. The first-order chi connectivity index (χ1) is 18.1. The number of aryl methyl sites for hydroxylation is 1. The zero-order valence-electron chi connectivity index (χ0n) is 24.6. The number of rotatable bonds is 12. The average Bonchev–Trinajstić information content (AvgIpc) is 2.87. The Bertz CT molecular complexity index is 1250. The first-order valence-electron chi connectivity index (χ1n) is 14.5. The van der Waals surface area contributed by atoms with Crippen LogP contribution in [0.5, 0.6) is 0 Å². The molecular formula is C33H47N3O2. The number of hydrogen-bond donors (Lipinski definition) is 0. The summed E-state index contributed by atoms with van der Waals surface area (Å²) < 4.78 is 1.72. The summed E-state index contributed by atoms with van der Waals surface area (Å²) in [5.41, 5.74) is 2.74. The van der Waals surface area contributed by atoms with E-state index in [0.717, 1.165) is 44.2 Å². The third-order valence-corrected chi connectivity index (χ3v) is 7.30. The van der Waals surface area contributed by atoms with Gasteiger partial charge in [0, 0.05) is 13.0 Å². The summed E-state index contributed by atoms with van der Waals surface area (Å²) in [4.78, 5) is 34.6. The lowest BCUT2D eigenvalue weighted by atomic mass is 9.84. The second kappa shape index (κ2) is 13.2. The highest BCUT2D eigenvalue weighted by Crippen LogP contribution is 2.29. The maximum absolute atomic E-state index is 13.9. The fraction of sp³-hybridized carbons (Fsp3) is 0.545. The Morgan fingerprint density at radius 1 is 0.974 bits per heavy atom. The van der Waals surface area contributed by atoms with Crippen molar-refractivity contribution in [1.29, 1.82) is 0 Å². The van der Waals surface area contributed by atoms with Crippen molar-refractivity contribution >= 4 is 16.8 Å². The Morgan fingerprint density at radius 3 is 2.29 bits per heavy atom. The van der Waals surface area contributed by atoms with Crippen molar-refractivity contribution in [2.24, 2.45) is 11.3 Å². The number of nitrogens with zero attached hydrogens (tertiary/aromatic N) is 3. The van der Waals surface area contributed by atoms with Crippen LogP contribution in [-0.4, -0.2) is 26.9 Å². The molecule has 0 aliphatic carbocycles. The summed E-state index contributed by atoms with van der Waals surface area (Å²) in [7, 11) is 0. The van der Waals surface area contributed by atoms with E-state index in [-0.39, 0.29) is 28.8 Å². The molecule has 206 valence electrons. The van der Waals surface area contributed by atoms with Crippen molar-refractivity contribution in [3.8, 4) is 5.69 Å². The van der Waals surface area contributed by atoms with Crippen molar-refractivity contribution in [3.05, 3.63) is 70.3 Å². The number of hydrogen-bond acceptors (Lipinski definition) is 3.